The van der Waals surface area contributed by atoms with Gasteiger partial charge in [-0.2, -0.15) is 43.9 Å². The molecule has 0 saturated heterocycles. The van der Waals surface area contributed by atoms with Crippen LogP contribution in [0.4, 0.5) is 49.6 Å². The van der Waals surface area contributed by atoms with Gasteiger partial charge in [-0.05, 0) is 62.4 Å². The first-order chi connectivity index (χ1) is 13.2. The number of halogens is 11. The van der Waals surface area contributed by atoms with E-state index in [1.54, 1.807) is 0 Å². The van der Waals surface area contributed by atoms with E-state index in [4.69, 9.17) is 0 Å². The van der Waals surface area contributed by atoms with E-state index in [-0.39, 0.29) is 12.1 Å². The van der Waals surface area contributed by atoms with E-state index < -0.39 is 56.7 Å². The van der Waals surface area contributed by atoms with Gasteiger partial charge in [0.15, 0.2) is 0 Å². The fourth-order valence-corrected chi connectivity index (χ4v) is 3.01. The van der Waals surface area contributed by atoms with Gasteiger partial charge in [0.05, 0.1) is 11.1 Å². The summed E-state index contributed by atoms with van der Waals surface area (Å²) in [4.78, 5) is 0. The van der Waals surface area contributed by atoms with Gasteiger partial charge >= 0.3 is 24.2 Å². The zero-order valence-electron chi connectivity index (χ0n) is 15.8. The Morgan fingerprint density at radius 2 is 1.07 bits per heavy atom. The topological polar surface area (TPSA) is 28.0 Å². The Labute approximate surface area is 178 Å². The average Bonchev–Trinajstić information content (AvgIpc) is 2.52. The van der Waals surface area contributed by atoms with Crippen LogP contribution in [0.15, 0.2) is 22.5 Å². The van der Waals surface area contributed by atoms with E-state index in [0.29, 0.717) is 0 Å². The SMILES string of the molecule is CC(C)N(N=Nc1c(C(F)(F)C(F)(F)F)cc(I)cc1C(F)(F)C(F)(F)F)C(C)C. The predicted molar refractivity (Wildman–Crippen MR) is 95.7 cm³/mol. The second-order valence-electron chi connectivity index (χ2n) is 6.75. The molecule has 1 aromatic carbocycles. The molecular weight excluding hydrogens is 551 g/mol. The molecule has 0 aliphatic carbocycles. The molecular formula is C16H16F10IN3. The van der Waals surface area contributed by atoms with E-state index >= 15 is 0 Å². The van der Waals surface area contributed by atoms with E-state index in [2.05, 4.69) is 10.3 Å². The molecule has 0 aromatic heterocycles. The number of hydrogen-bond acceptors (Lipinski definition) is 2. The molecule has 0 unspecified atom stereocenters. The minimum absolute atomic E-state index is 0.146. The van der Waals surface area contributed by atoms with Crippen molar-refractivity contribution in [1.82, 2.24) is 5.01 Å². The molecule has 1 rings (SSSR count). The maximum Gasteiger partial charge on any atom is 0.458 e. The van der Waals surface area contributed by atoms with Crippen LogP contribution in [0, 0.1) is 3.57 Å². The summed E-state index contributed by atoms with van der Waals surface area (Å²) in [7, 11) is 0. The highest BCUT2D eigenvalue weighted by Gasteiger charge is 2.63. The smallest absolute Gasteiger partial charge is 0.273 e. The van der Waals surface area contributed by atoms with Crippen molar-refractivity contribution < 1.29 is 43.9 Å². The molecule has 30 heavy (non-hydrogen) atoms. The lowest BCUT2D eigenvalue weighted by Crippen LogP contribution is -2.37. The van der Waals surface area contributed by atoms with Crippen LogP contribution in [0.3, 0.4) is 0 Å². The summed E-state index contributed by atoms with van der Waals surface area (Å²) >= 11 is 1.06. The van der Waals surface area contributed by atoms with Gasteiger partial charge in [0.25, 0.3) is 0 Å². The summed E-state index contributed by atoms with van der Waals surface area (Å²) in [5, 5.41) is 7.47. The molecule has 0 spiro atoms. The molecule has 14 heteroatoms. The lowest BCUT2D eigenvalue weighted by Gasteiger charge is -2.28. The van der Waals surface area contributed by atoms with Gasteiger partial charge in [0.1, 0.15) is 5.69 Å². The second-order valence-corrected chi connectivity index (χ2v) is 8.00. The molecule has 0 heterocycles. The van der Waals surface area contributed by atoms with Crippen LogP contribution in [0.2, 0.25) is 0 Å². The molecule has 0 amide bonds. The predicted octanol–water partition coefficient (Wildman–Crippen LogP) is 7.72. The van der Waals surface area contributed by atoms with Crippen LogP contribution in [0.5, 0.6) is 0 Å². The minimum atomic E-state index is -6.28. The first kappa shape index (κ1) is 26.7. The standard InChI is InChI=1S/C16H16F10IN3/c1-7(2)30(8(3)4)29-28-12-10(13(17,18)15(21,22)23)5-9(27)6-11(12)14(19,20)16(24,25)26/h5-8H,1-4H3. The van der Waals surface area contributed by atoms with Gasteiger partial charge in [-0.15, -0.1) is 5.11 Å². The van der Waals surface area contributed by atoms with Crippen LogP contribution in [0.25, 0.3) is 0 Å². The summed E-state index contributed by atoms with van der Waals surface area (Å²) in [5.41, 5.74) is -6.21. The van der Waals surface area contributed by atoms with E-state index in [0.717, 1.165) is 27.6 Å². The molecule has 172 valence electrons. The van der Waals surface area contributed by atoms with Crippen molar-refractivity contribution in [1.29, 1.82) is 0 Å². The van der Waals surface area contributed by atoms with E-state index in [9.17, 15) is 43.9 Å². The second kappa shape index (κ2) is 8.65. The van der Waals surface area contributed by atoms with Gasteiger partial charge in [0.2, 0.25) is 0 Å². The number of benzene rings is 1. The number of hydrogen-bond donors (Lipinski definition) is 0. The third-order valence-corrected chi connectivity index (χ3v) is 4.39. The van der Waals surface area contributed by atoms with Crippen molar-refractivity contribution in [2.45, 2.75) is 64.0 Å². The zero-order valence-corrected chi connectivity index (χ0v) is 18.0. The molecule has 0 aliphatic heterocycles. The van der Waals surface area contributed by atoms with E-state index in [1.165, 1.54) is 27.7 Å². The third kappa shape index (κ3) is 5.28. The van der Waals surface area contributed by atoms with Crippen molar-refractivity contribution >= 4 is 28.3 Å². The van der Waals surface area contributed by atoms with Gasteiger partial charge in [0, 0.05) is 15.7 Å². The Bertz CT molecular complexity index is 729. The minimum Gasteiger partial charge on any atom is -0.273 e. The van der Waals surface area contributed by atoms with Crippen LogP contribution >= 0.6 is 22.6 Å². The van der Waals surface area contributed by atoms with Crippen LogP contribution in [-0.4, -0.2) is 29.4 Å². The van der Waals surface area contributed by atoms with Gasteiger partial charge < -0.3 is 0 Å². The van der Waals surface area contributed by atoms with Gasteiger partial charge in [-0.25, -0.2) is 0 Å². The Morgan fingerprint density at radius 1 is 0.733 bits per heavy atom. The van der Waals surface area contributed by atoms with Crippen molar-refractivity contribution in [3.63, 3.8) is 0 Å². The number of alkyl halides is 10. The van der Waals surface area contributed by atoms with Crippen molar-refractivity contribution in [3.8, 4) is 0 Å². The summed E-state index contributed by atoms with van der Waals surface area (Å²) < 4.78 is 133. The summed E-state index contributed by atoms with van der Waals surface area (Å²) in [6.07, 6.45) is -12.6. The summed E-state index contributed by atoms with van der Waals surface area (Å²) in [5.74, 6) is -11.5. The Hall–Kier alpha value is -1.35. The lowest BCUT2D eigenvalue weighted by molar-refractivity contribution is -0.291. The highest BCUT2D eigenvalue weighted by molar-refractivity contribution is 14.1. The van der Waals surface area contributed by atoms with Crippen molar-refractivity contribution in [2.75, 3.05) is 0 Å². The maximum absolute atomic E-state index is 14.0. The molecule has 0 aliphatic rings. The normalized spacial score (nSPS) is 14.3. The molecule has 3 nitrogen and oxygen atoms in total. The zero-order chi connectivity index (χ0) is 23.9. The Kier molecular flexibility index (Phi) is 7.69. The van der Waals surface area contributed by atoms with Crippen molar-refractivity contribution in [2.24, 2.45) is 10.3 Å². The van der Waals surface area contributed by atoms with Gasteiger partial charge in [-0.3, -0.25) is 5.01 Å². The summed E-state index contributed by atoms with van der Waals surface area (Å²) in [6, 6.07) is -0.743. The highest BCUT2D eigenvalue weighted by Crippen LogP contribution is 2.53. The first-order valence-corrected chi connectivity index (χ1v) is 9.26. The van der Waals surface area contributed by atoms with E-state index in [1.807, 2.05) is 0 Å². The molecule has 0 fully saturated rings. The molecule has 0 radical (unpaired) electrons. The maximum atomic E-state index is 14.0. The fraction of sp³-hybridized carbons (Fsp3) is 0.625. The average molecular weight is 567 g/mol. The third-order valence-electron chi connectivity index (χ3n) is 3.77. The number of rotatable bonds is 6. The molecule has 1 aromatic rings. The molecule has 0 saturated carbocycles. The lowest BCUT2D eigenvalue weighted by atomic mass is 9.97. The monoisotopic (exact) mass is 567 g/mol. The first-order valence-electron chi connectivity index (χ1n) is 8.18. The fourth-order valence-electron chi connectivity index (χ4n) is 2.39. The Balaban J connectivity index is 3.97. The van der Waals surface area contributed by atoms with Crippen LogP contribution in [0.1, 0.15) is 38.8 Å². The summed E-state index contributed by atoms with van der Waals surface area (Å²) in [6.45, 7) is 6.07. The quantitative estimate of drug-likeness (QED) is 0.150. The molecule has 0 atom stereocenters. The van der Waals surface area contributed by atoms with Crippen LogP contribution < -0.4 is 0 Å². The largest absolute Gasteiger partial charge is 0.458 e. The van der Waals surface area contributed by atoms with Crippen molar-refractivity contribution in [3.05, 3.63) is 26.8 Å². The van der Waals surface area contributed by atoms with Gasteiger partial charge in [-0.1, -0.05) is 5.22 Å². The molecule has 0 N–H and O–H groups in total. The molecule has 0 bridgehead atoms. The van der Waals surface area contributed by atoms with Crippen LogP contribution in [-0.2, 0) is 11.8 Å². The Morgan fingerprint density at radius 3 is 1.33 bits per heavy atom. The highest BCUT2D eigenvalue weighted by atomic mass is 127. The number of nitrogens with zero attached hydrogens (tertiary/aromatic N) is 3.